The van der Waals surface area contributed by atoms with Gasteiger partial charge in [-0.15, -0.1) is 0 Å². The smallest absolute Gasteiger partial charge is 0.266 e. The van der Waals surface area contributed by atoms with E-state index in [1.807, 2.05) is 25.1 Å². The van der Waals surface area contributed by atoms with E-state index < -0.39 is 24.2 Å². The zero-order valence-electron chi connectivity index (χ0n) is 18.9. The maximum Gasteiger partial charge on any atom is 0.266 e. The van der Waals surface area contributed by atoms with Crippen LogP contribution in [0.25, 0.3) is 6.08 Å². The number of halogens is 2. The quantitative estimate of drug-likeness (QED) is 0.293. The Balaban J connectivity index is 1.74. The summed E-state index contributed by atoms with van der Waals surface area (Å²) in [4.78, 5) is 24.7. The van der Waals surface area contributed by atoms with Crippen LogP contribution in [0.3, 0.4) is 0 Å². The summed E-state index contributed by atoms with van der Waals surface area (Å²) in [5.74, 6) is -1.18. The number of amides is 2. The fourth-order valence-corrected chi connectivity index (χ4v) is 3.57. The summed E-state index contributed by atoms with van der Waals surface area (Å²) in [6.07, 6.45) is 1.41. The van der Waals surface area contributed by atoms with Crippen LogP contribution in [-0.4, -0.2) is 25.5 Å². The Morgan fingerprint density at radius 2 is 1.83 bits per heavy atom. The molecular formula is C26H21BrFN3O4. The molecule has 0 unspecified atom stereocenters. The Labute approximate surface area is 210 Å². The van der Waals surface area contributed by atoms with Crippen LogP contribution in [0.5, 0.6) is 11.5 Å². The van der Waals surface area contributed by atoms with Gasteiger partial charge in [-0.1, -0.05) is 29.8 Å². The van der Waals surface area contributed by atoms with Crippen molar-refractivity contribution >= 4 is 45.2 Å². The van der Waals surface area contributed by atoms with Gasteiger partial charge in [0, 0.05) is 5.69 Å². The topological polar surface area (TPSA) is 100 Å². The molecule has 178 valence electrons. The number of nitrogens with zero attached hydrogens (tertiary/aromatic N) is 1. The van der Waals surface area contributed by atoms with Gasteiger partial charge < -0.3 is 20.1 Å². The zero-order chi connectivity index (χ0) is 25.4. The standard InChI is InChI=1S/C26H21BrFN3O4/c1-16-7-9-19(10-8-16)30-26(33)18(14-29)11-17-12-20(27)25(23(13-17)34-2)35-15-24(32)31-22-6-4-3-5-21(22)28/h3-13H,15H2,1-2H3,(H,30,33)(H,31,32)/b18-11-. The predicted molar refractivity (Wildman–Crippen MR) is 135 cm³/mol. The molecule has 0 aliphatic heterocycles. The molecule has 0 aliphatic rings. The molecule has 3 aromatic rings. The first-order valence-electron chi connectivity index (χ1n) is 10.3. The summed E-state index contributed by atoms with van der Waals surface area (Å²) in [6, 6.07) is 18.1. The molecule has 0 atom stereocenters. The Morgan fingerprint density at radius 1 is 1.11 bits per heavy atom. The highest BCUT2D eigenvalue weighted by Gasteiger charge is 2.16. The number of carbonyl (C=O) groups excluding carboxylic acids is 2. The van der Waals surface area contributed by atoms with E-state index >= 15 is 0 Å². The monoisotopic (exact) mass is 537 g/mol. The van der Waals surface area contributed by atoms with Crippen molar-refractivity contribution in [1.29, 1.82) is 5.26 Å². The molecule has 0 aliphatic carbocycles. The molecule has 0 aromatic heterocycles. The molecule has 0 saturated carbocycles. The number of rotatable bonds is 8. The van der Waals surface area contributed by atoms with E-state index in [-0.39, 0.29) is 22.8 Å². The molecule has 3 aromatic carbocycles. The average molecular weight is 538 g/mol. The van der Waals surface area contributed by atoms with Crippen LogP contribution in [0.2, 0.25) is 0 Å². The Bertz CT molecular complexity index is 1320. The van der Waals surface area contributed by atoms with E-state index in [0.29, 0.717) is 15.7 Å². The van der Waals surface area contributed by atoms with Crippen LogP contribution in [0.1, 0.15) is 11.1 Å². The average Bonchev–Trinajstić information content (AvgIpc) is 2.84. The van der Waals surface area contributed by atoms with E-state index in [9.17, 15) is 19.2 Å². The lowest BCUT2D eigenvalue weighted by molar-refractivity contribution is -0.118. The molecule has 35 heavy (non-hydrogen) atoms. The van der Waals surface area contributed by atoms with Crippen molar-refractivity contribution in [3.8, 4) is 17.6 Å². The molecule has 9 heteroatoms. The number of para-hydroxylation sites is 1. The minimum Gasteiger partial charge on any atom is -0.493 e. The number of anilines is 2. The number of ether oxygens (including phenoxy) is 2. The van der Waals surface area contributed by atoms with Gasteiger partial charge in [0.1, 0.15) is 17.5 Å². The number of aryl methyl sites for hydroxylation is 1. The van der Waals surface area contributed by atoms with Gasteiger partial charge in [-0.05, 0) is 70.9 Å². The maximum atomic E-state index is 13.7. The largest absolute Gasteiger partial charge is 0.493 e. The zero-order valence-corrected chi connectivity index (χ0v) is 20.5. The molecular weight excluding hydrogens is 517 g/mol. The fraction of sp³-hybridized carbons (Fsp3) is 0.115. The maximum absolute atomic E-state index is 13.7. The summed E-state index contributed by atoms with van der Waals surface area (Å²) in [5.41, 5.74) is 2.03. The minimum atomic E-state index is -0.562. The molecule has 2 amide bonds. The van der Waals surface area contributed by atoms with Crippen LogP contribution in [0.15, 0.2) is 70.7 Å². The third-order valence-electron chi connectivity index (χ3n) is 4.73. The molecule has 0 fully saturated rings. The van der Waals surface area contributed by atoms with Crippen molar-refractivity contribution in [3.63, 3.8) is 0 Å². The number of nitrogens with one attached hydrogen (secondary N) is 2. The van der Waals surface area contributed by atoms with Crippen molar-refractivity contribution in [1.82, 2.24) is 0 Å². The van der Waals surface area contributed by atoms with E-state index in [1.54, 1.807) is 30.3 Å². The van der Waals surface area contributed by atoms with Gasteiger partial charge >= 0.3 is 0 Å². The molecule has 0 heterocycles. The van der Waals surface area contributed by atoms with E-state index in [4.69, 9.17) is 9.47 Å². The van der Waals surface area contributed by atoms with E-state index in [2.05, 4.69) is 26.6 Å². The van der Waals surface area contributed by atoms with Crippen molar-refractivity contribution in [2.75, 3.05) is 24.4 Å². The van der Waals surface area contributed by atoms with Gasteiger partial charge in [0.2, 0.25) is 0 Å². The molecule has 0 spiro atoms. The summed E-state index contributed by atoms with van der Waals surface area (Å²) >= 11 is 3.37. The Hall–Kier alpha value is -4.16. The molecule has 3 rings (SSSR count). The van der Waals surface area contributed by atoms with Crippen LogP contribution in [0.4, 0.5) is 15.8 Å². The predicted octanol–water partition coefficient (Wildman–Crippen LogP) is 5.47. The fourth-order valence-electron chi connectivity index (χ4n) is 3.00. The number of hydrogen-bond donors (Lipinski definition) is 2. The van der Waals surface area contributed by atoms with Gasteiger partial charge in [0.25, 0.3) is 11.8 Å². The summed E-state index contributed by atoms with van der Waals surface area (Å²) in [5, 5.41) is 14.6. The van der Waals surface area contributed by atoms with Gasteiger partial charge in [-0.25, -0.2) is 4.39 Å². The van der Waals surface area contributed by atoms with Crippen LogP contribution < -0.4 is 20.1 Å². The van der Waals surface area contributed by atoms with E-state index in [0.717, 1.165) is 5.56 Å². The molecule has 0 radical (unpaired) electrons. The van der Waals surface area contributed by atoms with E-state index in [1.165, 1.54) is 31.4 Å². The Kier molecular flexibility index (Phi) is 8.59. The number of hydrogen-bond acceptors (Lipinski definition) is 5. The van der Waals surface area contributed by atoms with Crippen LogP contribution in [-0.2, 0) is 9.59 Å². The second-order valence-corrected chi connectivity index (χ2v) is 8.20. The highest BCUT2D eigenvalue weighted by Crippen LogP contribution is 2.37. The number of methoxy groups -OCH3 is 1. The highest BCUT2D eigenvalue weighted by atomic mass is 79.9. The van der Waals surface area contributed by atoms with Crippen LogP contribution >= 0.6 is 15.9 Å². The molecule has 7 nitrogen and oxygen atoms in total. The second-order valence-electron chi connectivity index (χ2n) is 7.34. The number of benzene rings is 3. The summed E-state index contributed by atoms with van der Waals surface area (Å²) in [7, 11) is 1.41. The van der Waals surface area contributed by atoms with Crippen molar-refractivity contribution in [2.24, 2.45) is 0 Å². The summed E-state index contributed by atoms with van der Waals surface area (Å²) < 4.78 is 25.1. The second kappa shape index (κ2) is 11.8. The Morgan fingerprint density at radius 3 is 2.49 bits per heavy atom. The first-order chi connectivity index (χ1) is 16.8. The first-order valence-corrected chi connectivity index (χ1v) is 11.1. The lowest BCUT2D eigenvalue weighted by Crippen LogP contribution is -2.21. The van der Waals surface area contributed by atoms with Gasteiger partial charge in [0.05, 0.1) is 17.3 Å². The molecule has 0 bridgehead atoms. The van der Waals surface area contributed by atoms with Crippen molar-refractivity contribution < 1.29 is 23.5 Å². The van der Waals surface area contributed by atoms with Crippen molar-refractivity contribution in [2.45, 2.75) is 6.92 Å². The third kappa shape index (κ3) is 6.91. The van der Waals surface area contributed by atoms with Crippen molar-refractivity contribution in [3.05, 3.63) is 87.7 Å². The number of nitriles is 1. The SMILES string of the molecule is COc1cc(/C=C(/C#N)C(=O)Nc2ccc(C)cc2)cc(Br)c1OCC(=O)Nc1ccccc1F. The van der Waals surface area contributed by atoms with Crippen LogP contribution in [0, 0.1) is 24.1 Å². The lowest BCUT2D eigenvalue weighted by atomic mass is 10.1. The van der Waals surface area contributed by atoms with Gasteiger partial charge in [-0.3, -0.25) is 9.59 Å². The molecule has 0 saturated heterocycles. The lowest BCUT2D eigenvalue weighted by Gasteiger charge is -2.14. The molecule has 2 N–H and O–H groups in total. The highest BCUT2D eigenvalue weighted by molar-refractivity contribution is 9.10. The van der Waals surface area contributed by atoms with Gasteiger partial charge in [-0.2, -0.15) is 5.26 Å². The normalized spacial score (nSPS) is 10.8. The number of carbonyl (C=O) groups is 2. The summed E-state index contributed by atoms with van der Waals surface area (Å²) in [6.45, 7) is 1.53. The first kappa shape index (κ1) is 25.5. The minimum absolute atomic E-state index is 0.0422. The van der Waals surface area contributed by atoms with Gasteiger partial charge in [0.15, 0.2) is 18.1 Å². The third-order valence-corrected chi connectivity index (χ3v) is 5.32.